The van der Waals surface area contributed by atoms with Crippen molar-refractivity contribution in [2.45, 2.75) is 58.9 Å². The van der Waals surface area contributed by atoms with E-state index in [2.05, 4.69) is 33.8 Å². The van der Waals surface area contributed by atoms with Crippen LogP contribution in [0.4, 0.5) is 0 Å². The molecule has 1 unspecified atom stereocenters. The van der Waals surface area contributed by atoms with Crippen molar-refractivity contribution in [2.75, 3.05) is 0 Å². The Kier molecular flexibility index (Phi) is 1.92. The fourth-order valence-corrected chi connectivity index (χ4v) is 3.95. The number of hydrogen-bond acceptors (Lipinski definition) is 1. The van der Waals surface area contributed by atoms with E-state index in [-0.39, 0.29) is 5.54 Å². The molecule has 0 aromatic rings. The molecule has 1 fully saturated rings. The summed E-state index contributed by atoms with van der Waals surface area (Å²) in [5.74, 6) is 0. The second kappa shape index (κ2) is 2.63. The van der Waals surface area contributed by atoms with Gasteiger partial charge in [0.15, 0.2) is 0 Å². The van der Waals surface area contributed by atoms with Gasteiger partial charge in [0.25, 0.3) is 0 Å². The molecule has 14 heavy (non-hydrogen) atoms. The van der Waals surface area contributed by atoms with Crippen LogP contribution < -0.4 is 5.73 Å². The van der Waals surface area contributed by atoms with E-state index in [1.165, 1.54) is 12.8 Å². The van der Waals surface area contributed by atoms with Crippen molar-refractivity contribution >= 4 is 0 Å². The molecule has 0 spiro atoms. The molecule has 2 N–H and O–H groups in total. The smallest absolute Gasteiger partial charge is 0.0205 e. The summed E-state index contributed by atoms with van der Waals surface area (Å²) >= 11 is 0. The number of hydrogen-bond donors (Lipinski definition) is 1. The lowest BCUT2D eigenvalue weighted by Crippen LogP contribution is -2.52. The second-order valence-corrected chi connectivity index (χ2v) is 7.02. The SMILES string of the molecule is CC1(C)C=C2CC(C)(C)CC(N)(C2)C1. The summed E-state index contributed by atoms with van der Waals surface area (Å²) in [6.45, 7) is 9.32. The highest BCUT2D eigenvalue weighted by atomic mass is 14.8. The van der Waals surface area contributed by atoms with Crippen molar-refractivity contribution in [3.05, 3.63) is 11.6 Å². The molecular formula is C13H23N. The molecule has 1 heteroatoms. The molecule has 2 aliphatic rings. The Hall–Kier alpha value is -0.300. The summed E-state index contributed by atoms with van der Waals surface area (Å²) in [6, 6.07) is 0. The Bertz CT molecular complexity index is 286. The molecule has 0 aromatic heterocycles. The zero-order valence-corrected chi connectivity index (χ0v) is 9.98. The van der Waals surface area contributed by atoms with Gasteiger partial charge in [-0.15, -0.1) is 0 Å². The molecule has 80 valence electrons. The second-order valence-electron chi connectivity index (χ2n) is 7.02. The minimum atomic E-state index is 0.0787. The van der Waals surface area contributed by atoms with Gasteiger partial charge in [0.1, 0.15) is 0 Å². The quantitative estimate of drug-likeness (QED) is 0.587. The van der Waals surface area contributed by atoms with E-state index < -0.39 is 0 Å². The summed E-state index contributed by atoms with van der Waals surface area (Å²) in [6.07, 6.45) is 7.18. The first kappa shape index (κ1) is 10.2. The van der Waals surface area contributed by atoms with Crippen molar-refractivity contribution in [3.63, 3.8) is 0 Å². The normalized spacial score (nSPS) is 39.1. The Morgan fingerprint density at radius 1 is 1.07 bits per heavy atom. The van der Waals surface area contributed by atoms with Gasteiger partial charge in [0.05, 0.1) is 0 Å². The van der Waals surface area contributed by atoms with Crippen LogP contribution in [0, 0.1) is 10.8 Å². The lowest BCUT2D eigenvalue weighted by molar-refractivity contribution is 0.133. The highest BCUT2D eigenvalue weighted by molar-refractivity contribution is 5.24. The maximum Gasteiger partial charge on any atom is 0.0205 e. The molecule has 1 saturated carbocycles. The van der Waals surface area contributed by atoms with Gasteiger partial charge in [-0.2, -0.15) is 0 Å². The lowest BCUT2D eigenvalue weighted by atomic mass is 9.58. The van der Waals surface area contributed by atoms with Crippen LogP contribution in [-0.4, -0.2) is 5.54 Å². The largest absolute Gasteiger partial charge is 0.325 e. The first-order chi connectivity index (χ1) is 6.20. The average Bonchev–Trinajstić information content (AvgIpc) is 1.71. The minimum absolute atomic E-state index is 0.0787. The molecule has 0 saturated heterocycles. The van der Waals surface area contributed by atoms with Crippen molar-refractivity contribution in [3.8, 4) is 0 Å². The Labute approximate surface area is 87.8 Å². The van der Waals surface area contributed by atoms with Crippen LogP contribution in [-0.2, 0) is 0 Å². The average molecular weight is 193 g/mol. The molecule has 0 amide bonds. The number of fused-ring (bicyclic) bond motifs is 2. The molecule has 2 aliphatic carbocycles. The van der Waals surface area contributed by atoms with Gasteiger partial charge in [0.2, 0.25) is 0 Å². The van der Waals surface area contributed by atoms with E-state index in [0.29, 0.717) is 10.8 Å². The third-order valence-electron chi connectivity index (χ3n) is 3.52. The van der Waals surface area contributed by atoms with Crippen LogP contribution >= 0.6 is 0 Å². The predicted molar refractivity (Wildman–Crippen MR) is 61.0 cm³/mol. The van der Waals surface area contributed by atoms with Crippen LogP contribution in [0.5, 0.6) is 0 Å². The summed E-state index contributed by atoms with van der Waals surface area (Å²) < 4.78 is 0. The van der Waals surface area contributed by atoms with Crippen molar-refractivity contribution in [2.24, 2.45) is 16.6 Å². The fourth-order valence-electron chi connectivity index (χ4n) is 3.95. The first-order valence-corrected chi connectivity index (χ1v) is 5.69. The standard InChI is InChI=1S/C13H23N/c1-11(2)5-10-6-12(3,4)9-13(14,7-10)8-11/h5H,6-9,14H2,1-4H3. The third-order valence-corrected chi connectivity index (χ3v) is 3.52. The molecule has 2 bridgehead atoms. The van der Waals surface area contributed by atoms with Gasteiger partial charge >= 0.3 is 0 Å². The van der Waals surface area contributed by atoms with Gasteiger partial charge < -0.3 is 5.73 Å². The maximum absolute atomic E-state index is 6.51. The highest BCUT2D eigenvalue weighted by Gasteiger charge is 2.45. The zero-order valence-electron chi connectivity index (χ0n) is 9.98. The van der Waals surface area contributed by atoms with E-state index in [1.54, 1.807) is 5.57 Å². The van der Waals surface area contributed by atoms with Gasteiger partial charge in [-0.05, 0) is 36.5 Å². The van der Waals surface area contributed by atoms with Crippen LogP contribution in [0.2, 0.25) is 0 Å². The van der Waals surface area contributed by atoms with Crippen molar-refractivity contribution in [1.29, 1.82) is 0 Å². The van der Waals surface area contributed by atoms with Crippen LogP contribution in [0.25, 0.3) is 0 Å². The number of rotatable bonds is 0. The molecular weight excluding hydrogens is 170 g/mol. The molecule has 1 nitrogen and oxygen atoms in total. The molecule has 2 rings (SSSR count). The highest BCUT2D eigenvalue weighted by Crippen LogP contribution is 2.51. The summed E-state index contributed by atoms with van der Waals surface area (Å²) in [7, 11) is 0. The van der Waals surface area contributed by atoms with E-state index in [4.69, 9.17) is 5.73 Å². The van der Waals surface area contributed by atoms with Gasteiger partial charge in [-0.25, -0.2) is 0 Å². The first-order valence-electron chi connectivity index (χ1n) is 5.69. The summed E-state index contributed by atoms with van der Waals surface area (Å²) in [5.41, 5.74) is 8.92. The Morgan fingerprint density at radius 3 is 2.29 bits per heavy atom. The molecule has 0 aliphatic heterocycles. The molecule has 0 aromatic carbocycles. The fraction of sp³-hybridized carbons (Fsp3) is 0.846. The number of allylic oxidation sites excluding steroid dienone is 1. The summed E-state index contributed by atoms with van der Waals surface area (Å²) in [5, 5.41) is 0. The van der Waals surface area contributed by atoms with E-state index in [9.17, 15) is 0 Å². The van der Waals surface area contributed by atoms with Crippen molar-refractivity contribution < 1.29 is 0 Å². The molecule has 0 radical (unpaired) electrons. The van der Waals surface area contributed by atoms with Crippen molar-refractivity contribution in [1.82, 2.24) is 0 Å². The van der Waals surface area contributed by atoms with Gasteiger partial charge in [-0.3, -0.25) is 0 Å². The third kappa shape index (κ3) is 1.88. The predicted octanol–water partition coefficient (Wildman–Crippen LogP) is 3.25. The topological polar surface area (TPSA) is 26.0 Å². The van der Waals surface area contributed by atoms with Crippen LogP contribution in [0.3, 0.4) is 0 Å². The number of nitrogens with two attached hydrogens (primary N) is 1. The zero-order chi connectivity index (χ0) is 10.6. The Morgan fingerprint density at radius 2 is 1.71 bits per heavy atom. The molecule has 0 heterocycles. The Balaban J connectivity index is 2.36. The van der Waals surface area contributed by atoms with Crippen LogP contribution in [0.1, 0.15) is 53.4 Å². The van der Waals surface area contributed by atoms with E-state index >= 15 is 0 Å². The summed E-state index contributed by atoms with van der Waals surface area (Å²) in [4.78, 5) is 0. The monoisotopic (exact) mass is 193 g/mol. The minimum Gasteiger partial charge on any atom is -0.325 e. The molecule has 1 atom stereocenters. The maximum atomic E-state index is 6.51. The van der Waals surface area contributed by atoms with E-state index in [0.717, 1.165) is 12.8 Å². The van der Waals surface area contributed by atoms with Gasteiger partial charge in [0, 0.05) is 5.54 Å². The van der Waals surface area contributed by atoms with Crippen LogP contribution in [0.15, 0.2) is 11.6 Å². The van der Waals surface area contributed by atoms with Gasteiger partial charge in [-0.1, -0.05) is 39.3 Å². The lowest BCUT2D eigenvalue weighted by Gasteiger charge is -2.50. The van der Waals surface area contributed by atoms with E-state index in [1.807, 2.05) is 0 Å².